The van der Waals surface area contributed by atoms with Crippen LogP contribution in [0.2, 0.25) is 0 Å². The molecule has 0 aromatic carbocycles. The van der Waals surface area contributed by atoms with Crippen molar-refractivity contribution in [3.8, 4) is 0 Å². The fourth-order valence-corrected chi connectivity index (χ4v) is 2.80. The molecule has 0 aliphatic heterocycles. The van der Waals surface area contributed by atoms with Crippen LogP contribution in [0.3, 0.4) is 0 Å². The molecular weight excluding hydrogens is 310 g/mol. The fourth-order valence-electron chi connectivity index (χ4n) is 2.60. The van der Waals surface area contributed by atoms with E-state index in [-0.39, 0.29) is 12.5 Å². The Balaban J connectivity index is 1.96. The first-order chi connectivity index (χ1) is 9.20. The second-order valence-electron chi connectivity index (χ2n) is 5.05. The molecule has 1 aromatic heterocycles. The molecule has 1 saturated carbocycles. The molecule has 2 unspecified atom stereocenters. The number of halogens is 1. The van der Waals surface area contributed by atoms with Crippen LogP contribution in [0.5, 0.6) is 0 Å². The highest BCUT2D eigenvalue weighted by atomic mass is 79.9. The van der Waals surface area contributed by atoms with Crippen LogP contribution in [0.4, 0.5) is 5.95 Å². The van der Waals surface area contributed by atoms with E-state index in [9.17, 15) is 10.2 Å². The Labute approximate surface area is 121 Å². The Kier molecular flexibility index (Phi) is 5.54. The van der Waals surface area contributed by atoms with Crippen molar-refractivity contribution in [3.05, 3.63) is 16.9 Å². The lowest BCUT2D eigenvalue weighted by atomic mass is 9.83. The molecule has 0 spiro atoms. The molecule has 1 aliphatic carbocycles. The molecule has 1 aliphatic rings. The van der Waals surface area contributed by atoms with Crippen molar-refractivity contribution >= 4 is 21.9 Å². The lowest BCUT2D eigenvalue weighted by Crippen LogP contribution is -2.42. The number of aromatic nitrogens is 2. The predicted octanol–water partition coefficient (Wildman–Crippen LogP) is 1.95. The zero-order valence-electron chi connectivity index (χ0n) is 10.8. The number of rotatable bonds is 5. The van der Waals surface area contributed by atoms with Crippen LogP contribution in [0.15, 0.2) is 16.9 Å². The smallest absolute Gasteiger partial charge is 0.223 e. The summed E-state index contributed by atoms with van der Waals surface area (Å²) < 4.78 is 0.798. The van der Waals surface area contributed by atoms with Gasteiger partial charge in [0.2, 0.25) is 5.95 Å². The number of anilines is 1. The number of hydrogen-bond donors (Lipinski definition) is 3. The van der Waals surface area contributed by atoms with Crippen molar-refractivity contribution in [1.82, 2.24) is 9.97 Å². The zero-order valence-corrected chi connectivity index (χ0v) is 12.4. The summed E-state index contributed by atoms with van der Waals surface area (Å²) in [7, 11) is 0. The maximum absolute atomic E-state index is 10.4. The monoisotopic (exact) mass is 329 g/mol. The van der Waals surface area contributed by atoms with Crippen molar-refractivity contribution in [2.24, 2.45) is 5.92 Å². The maximum atomic E-state index is 10.4. The largest absolute Gasteiger partial charge is 0.394 e. The Bertz CT molecular complexity index is 382. The summed E-state index contributed by atoms with van der Waals surface area (Å²) in [4.78, 5) is 8.20. The highest BCUT2D eigenvalue weighted by molar-refractivity contribution is 9.10. The lowest BCUT2D eigenvalue weighted by molar-refractivity contribution is 0.0491. The molecule has 0 bridgehead atoms. The van der Waals surface area contributed by atoms with Gasteiger partial charge in [0.25, 0.3) is 0 Å². The van der Waals surface area contributed by atoms with E-state index < -0.39 is 12.1 Å². The van der Waals surface area contributed by atoms with E-state index in [0.29, 0.717) is 5.95 Å². The second kappa shape index (κ2) is 7.17. The normalized spacial score (nSPS) is 19.9. The minimum Gasteiger partial charge on any atom is -0.394 e. The average Bonchev–Trinajstić information content (AvgIpc) is 2.47. The SMILES string of the molecule is OCC(Nc1ncc(Br)cn1)C(O)C1CCCCC1. The van der Waals surface area contributed by atoms with Crippen molar-refractivity contribution < 1.29 is 10.2 Å². The molecule has 1 heterocycles. The van der Waals surface area contributed by atoms with Crippen molar-refractivity contribution in [3.63, 3.8) is 0 Å². The van der Waals surface area contributed by atoms with E-state index in [2.05, 4.69) is 31.2 Å². The number of aliphatic hydroxyl groups is 2. The van der Waals surface area contributed by atoms with Gasteiger partial charge < -0.3 is 15.5 Å². The van der Waals surface area contributed by atoms with Gasteiger partial charge in [-0.05, 0) is 34.7 Å². The van der Waals surface area contributed by atoms with Crippen LogP contribution in [-0.2, 0) is 0 Å². The topological polar surface area (TPSA) is 78.3 Å². The van der Waals surface area contributed by atoms with Crippen LogP contribution in [0.25, 0.3) is 0 Å². The van der Waals surface area contributed by atoms with Gasteiger partial charge in [-0.2, -0.15) is 0 Å². The fraction of sp³-hybridized carbons (Fsp3) is 0.692. The van der Waals surface area contributed by atoms with E-state index in [1.807, 2.05) is 0 Å². The van der Waals surface area contributed by atoms with Gasteiger partial charge in [-0.1, -0.05) is 19.3 Å². The molecule has 0 radical (unpaired) electrons. The standard InChI is InChI=1S/C13H20BrN3O2/c14-10-6-15-13(16-7-10)17-11(8-18)12(19)9-4-2-1-3-5-9/h6-7,9,11-12,18-19H,1-5,8H2,(H,15,16,17). The Hall–Kier alpha value is -0.720. The molecule has 2 rings (SSSR count). The highest BCUT2D eigenvalue weighted by Gasteiger charge is 2.28. The molecule has 0 saturated heterocycles. The Morgan fingerprint density at radius 3 is 2.47 bits per heavy atom. The van der Waals surface area contributed by atoms with Crippen molar-refractivity contribution in [1.29, 1.82) is 0 Å². The summed E-state index contributed by atoms with van der Waals surface area (Å²) in [5, 5.41) is 22.8. The number of hydrogen-bond acceptors (Lipinski definition) is 5. The van der Waals surface area contributed by atoms with Gasteiger partial charge in [-0.15, -0.1) is 0 Å². The quantitative estimate of drug-likeness (QED) is 0.769. The van der Waals surface area contributed by atoms with Crippen LogP contribution in [0.1, 0.15) is 32.1 Å². The van der Waals surface area contributed by atoms with Crippen LogP contribution < -0.4 is 5.32 Å². The van der Waals surface area contributed by atoms with Gasteiger partial charge in [-0.3, -0.25) is 0 Å². The van der Waals surface area contributed by atoms with E-state index >= 15 is 0 Å². The summed E-state index contributed by atoms with van der Waals surface area (Å²) in [5.74, 6) is 0.686. The average molecular weight is 330 g/mol. The first kappa shape index (κ1) is 14.7. The third-order valence-corrected chi connectivity index (χ3v) is 4.09. The van der Waals surface area contributed by atoms with Crippen LogP contribution in [-0.4, -0.2) is 38.9 Å². The Morgan fingerprint density at radius 2 is 1.89 bits per heavy atom. The molecule has 1 aromatic rings. The van der Waals surface area contributed by atoms with Crippen LogP contribution >= 0.6 is 15.9 Å². The molecule has 2 atom stereocenters. The summed E-state index contributed by atoms with van der Waals surface area (Å²) >= 11 is 3.27. The van der Waals surface area contributed by atoms with Gasteiger partial charge in [0.1, 0.15) is 0 Å². The molecule has 106 valence electrons. The number of aliphatic hydroxyl groups excluding tert-OH is 2. The Morgan fingerprint density at radius 1 is 1.26 bits per heavy atom. The van der Waals surface area contributed by atoms with E-state index in [1.54, 1.807) is 12.4 Å². The van der Waals surface area contributed by atoms with E-state index in [4.69, 9.17) is 0 Å². The summed E-state index contributed by atoms with van der Waals surface area (Å²) in [6, 6.07) is -0.413. The molecule has 5 nitrogen and oxygen atoms in total. The molecule has 6 heteroatoms. The predicted molar refractivity (Wildman–Crippen MR) is 76.8 cm³/mol. The van der Waals surface area contributed by atoms with Crippen molar-refractivity contribution in [2.45, 2.75) is 44.2 Å². The summed E-state index contributed by atoms with van der Waals surface area (Å²) in [6.45, 7) is -0.128. The molecular formula is C13H20BrN3O2. The third-order valence-electron chi connectivity index (χ3n) is 3.68. The number of nitrogens with zero attached hydrogens (tertiary/aromatic N) is 2. The van der Waals surface area contributed by atoms with Crippen molar-refractivity contribution in [2.75, 3.05) is 11.9 Å². The summed E-state index contributed by atoms with van der Waals surface area (Å²) in [5.41, 5.74) is 0. The number of nitrogens with one attached hydrogen (secondary N) is 1. The molecule has 19 heavy (non-hydrogen) atoms. The highest BCUT2D eigenvalue weighted by Crippen LogP contribution is 2.28. The minimum absolute atomic E-state index is 0.128. The van der Waals surface area contributed by atoms with Crippen LogP contribution in [0, 0.1) is 5.92 Å². The third kappa shape index (κ3) is 4.12. The maximum Gasteiger partial charge on any atom is 0.223 e. The van der Waals surface area contributed by atoms with Gasteiger partial charge in [0, 0.05) is 12.4 Å². The lowest BCUT2D eigenvalue weighted by Gasteiger charge is -2.31. The van der Waals surface area contributed by atoms with E-state index in [1.165, 1.54) is 6.42 Å². The van der Waals surface area contributed by atoms with Gasteiger partial charge in [-0.25, -0.2) is 9.97 Å². The second-order valence-corrected chi connectivity index (χ2v) is 5.96. The van der Waals surface area contributed by atoms with E-state index in [0.717, 1.165) is 30.2 Å². The van der Waals surface area contributed by atoms with Gasteiger partial charge in [0.15, 0.2) is 0 Å². The first-order valence-corrected chi connectivity index (χ1v) is 7.53. The van der Waals surface area contributed by atoms with Gasteiger partial charge >= 0.3 is 0 Å². The minimum atomic E-state index is -0.558. The molecule has 0 amide bonds. The summed E-state index contributed by atoms with van der Waals surface area (Å²) in [6.07, 6.45) is 8.34. The molecule has 3 N–H and O–H groups in total. The zero-order chi connectivity index (χ0) is 13.7. The molecule has 1 fully saturated rings. The first-order valence-electron chi connectivity index (χ1n) is 6.73. The van der Waals surface area contributed by atoms with Gasteiger partial charge in [0.05, 0.1) is 23.2 Å².